The molecule has 0 saturated carbocycles. The van der Waals surface area contributed by atoms with Crippen LogP contribution in [0.3, 0.4) is 0 Å². The lowest BCUT2D eigenvalue weighted by Crippen LogP contribution is -2.17. The van der Waals surface area contributed by atoms with Crippen molar-refractivity contribution in [2.45, 2.75) is 13.5 Å². The van der Waals surface area contributed by atoms with Gasteiger partial charge in [0.05, 0.1) is 17.6 Å². The minimum atomic E-state index is -0.0561. The molecule has 0 aliphatic rings. The number of H-pyrrole nitrogens is 1. The minimum absolute atomic E-state index is 0.0561. The van der Waals surface area contributed by atoms with Gasteiger partial charge in [-0.1, -0.05) is 36.4 Å². The number of aromatic amines is 1. The van der Waals surface area contributed by atoms with Crippen LogP contribution in [0.4, 0.5) is 0 Å². The van der Waals surface area contributed by atoms with Crippen molar-refractivity contribution in [1.82, 2.24) is 9.55 Å². The first kappa shape index (κ1) is 10.8. The van der Waals surface area contributed by atoms with Crippen LogP contribution < -0.4 is 5.69 Å². The summed E-state index contributed by atoms with van der Waals surface area (Å²) in [4.78, 5) is 14.9. The predicted molar refractivity (Wildman–Crippen MR) is 72.8 cm³/mol. The first-order valence-electron chi connectivity index (χ1n) is 5.97. The maximum Gasteiger partial charge on any atom is 0.326 e. The lowest BCUT2D eigenvalue weighted by Gasteiger charge is -2.03. The zero-order valence-corrected chi connectivity index (χ0v) is 10.2. The molecule has 0 saturated heterocycles. The number of fused-ring (bicyclic) bond motifs is 1. The number of benzene rings is 2. The standard InChI is InChI=1S/C15H14N2O/c1-11-7-8-14-13(9-11)16-15(18)17(14)10-12-5-3-2-4-6-12/h2-9H,10H2,1H3,(H,16,18). The van der Waals surface area contributed by atoms with E-state index in [-0.39, 0.29) is 5.69 Å². The lowest BCUT2D eigenvalue weighted by molar-refractivity contribution is 0.787. The molecule has 3 aromatic rings. The number of hydrogen-bond acceptors (Lipinski definition) is 1. The van der Waals surface area contributed by atoms with Gasteiger partial charge in [-0.15, -0.1) is 0 Å². The summed E-state index contributed by atoms with van der Waals surface area (Å²) in [6.07, 6.45) is 0. The second-order valence-electron chi connectivity index (χ2n) is 4.52. The second-order valence-corrected chi connectivity index (χ2v) is 4.52. The highest BCUT2D eigenvalue weighted by Crippen LogP contribution is 2.13. The summed E-state index contributed by atoms with van der Waals surface area (Å²) in [6.45, 7) is 2.62. The van der Waals surface area contributed by atoms with Crippen molar-refractivity contribution in [2.24, 2.45) is 0 Å². The first-order chi connectivity index (χ1) is 8.74. The van der Waals surface area contributed by atoms with Crippen molar-refractivity contribution in [3.8, 4) is 0 Å². The predicted octanol–water partition coefficient (Wildman–Crippen LogP) is 2.69. The Hall–Kier alpha value is -2.29. The van der Waals surface area contributed by atoms with Crippen molar-refractivity contribution in [1.29, 1.82) is 0 Å². The van der Waals surface area contributed by atoms with E-state index in [1.165, 1.54) is 0 Å². The van der Waals surface area contributed by atoms with Crippen LogP contribution in [0.5, 0.6) is 0 Å². The van der Waals surface area contributed by atoms with Crippen LogP contribution in [0.25, 0.3) is 11.0 Å². The van der Waals surface area contributed by atoms with Gasteiger partial charge in [0.15, 0.2) is 0 Å². The molecule has 1 N–H and O–H groups in total. The fourth-order valence-corrected chi connectivity index (χ4v) is 2.20. The normalized spacial score (nSPS) is 10.9. The molecule has 3 heteroatoms. The summed E-state index contributed by atoms with van der Waals surface area (Å²) >= 11 is 0. The Morgan fingerprint density at radius 1 is 1.11 bits per heavy atom. The van der Waals surface area contributed by atoms with Crippen LogP contribution in [-0.4, -0.2) is 9.55 Å². The molecule has 0 bridgehead atoms. The Morgan fingerprint density at radius 3 is 2.67 bits per heavy atom. The van der Waals surface area contributed by atoms with Gasteiger partial charge in [-0.25, -0.2) is 4.79 Å². The molecule has 1 heterocycles. The molecule has 0 aliphatic heterocycles. The molecule has 0 radical (unpaired) electrons. The molecule has 18 heavy (non-hydrogen) atoms. The van der Waals surface area contributed by atoms with E-state index in [2.05, 4.69) is 4.98 Å². The van der Waals surface area contributed by atoms with Crippen LogP contribution in [-0.2, 0) is 6.54 Å². The zero-order chi connectivity index (χ0) is 12.5. The third kappa shape index (κ3) is 1.84. The SMILES string of the molecule is Cc1ccc2c(c1)[nH]c(=O)n2Cc1ccccc1. The molecule has 0 aliphatic carbocycles. The number of imidazole rings is 1. The fraction of sp³-hybridized carbons (Fsp3) is 0.133. The summed E-state index contributed by atoms with van der Waals surface area (Å²) in [5.74, 6) is 0. The monoisotopic (exact) mass is 238 g/mol. The van der Waals surface area contributed by atoms with Gasteiger partial charge < -0.3 is 4.98 Å². The van der Waals surface area contributed by atoms with Crippen molar-refractivity contribution >= 4 is 11.0 Å². The van der Waals surface area contributed by atoms with E-state index in [9.17, 15) is 4.79 Å². The molecular formula is C15H14N2O. The van der Waals surface area contributed by atoms with Gasteiger partial charge in [-0.05, 0) is 30.2 Å². The van der Waals surface area contributed by atoms with Gasteiger partial charge >= 0.3 is 5.69 Å². The number of aryl methyl sites for hydroxylation is 1. The molecule has 0 atom stereocenters. The second kappa shape index (κ2) is 4.18. The number of nitrogens with one attached hydrogen (secondary N) is 1. The number of nitrogens with zero attached hydrogens (tertiary/aromatic N) is 1. The molecule has 0 unspecified atom stereocenters. The van der Waals surface area contributed by atoms with E-state index in [1.54, 1.807) is 4.57 Å². The highest BCUT2D eigenvalue weighted by Gasteiger charge is 2.06. The minimum Gasteiger partial charge on any atom is -0.306 e. The summed E-state index contributed by atoms with van der Waals surface area (Å²) in [5.41, 5.74) is 4.07. The smallest absolute Gasteiger partial charge is 0.306 e. The number of aromatic nitrogens is 2. The zero-order valence-electron chi connectivity index (χ0n) is 10.2. The average molecular weight is 238 g/mol. The van der Waals surface area contributed by atoms with E-state index in [1.807, 2.05) is 55.5 Å². The highest BCUT2D eigenvalue weighted by atomic mass is 16.1. The quantitative estimate of drug-likeness (QED) is 0.732. The van der Waals surface area contributed by atoms with Crippen LogP contribution >= 0.6 is 0 Å². The molecular weight excluding hydrogens is 224 g/mol. The first-order valence-corrected chi connectivity index (χ1v) is 5.97. The van der Waals surface area contributed by atoms with E-state index in [4.69, 9.17) is 0 Å². The van der Waals surface area contributed by atoms with Crippen LogP contribution in [0.2, 0.25) is 0 Å². The highest BCUT2D eigenvalue weighted by molar-refractivity contribution is 5.76. The van der Waals surface area contributed by atoms with E-state index in [0.29, 0.717) is 6.54 Å². The third-order valence-electron chi connectivity index (χ3n) is 3.11. The van der Waals surface area contributed by atoms with Gasteiger partial charge in [0.1, 0.15) is 0 Å². The van der Waals surface area contributed by atoms with Crippen LogP contribution in [0, 0.1) is 6.92 Å². The molecule has 3 rings (SSSR count). The summed E-state index contributed by atoms with van der Waals surface area (Å²) in [6, 6.07) is 16.0. The van der Waals surface area contributed by atoms with Crippen molar-refractivity contribution < 1.29 is 0 Å². The molecule has 0 amide bonds. The fourth-order valence-electron chi connectivity index (χ4n) is 2.20. The Bertz CT molecular complexity index is 738. The van der Waals surface area contributed by atoms with Crippen molar-refractivity contribution in [2.75, 3.05) is 0 Å². The average Bonchev–Trinajstić information content (AvgIpc) is 2.66. The lowest BCUT2D eigenvalue weighted by atomic mass is 10.2. The Kier molecular flexibility index (Phi) is 2.52. The van der Waals surface area contributed by atoms with Gasteiger partial charge in [0.2, 0.25) is 0 Å². The Labute approximate surface area is 105 Å². The summed E-state index contributed by atoms with van der Waals surface area (Å²) < 4.78 is 1.77. The largest absolute Gasteiger partial charge is 0.326 e. The Morgan fingerprint density at radius 2 is 1.89 bits per heavy atom. The van der Waals surface area contributed by atoms with E-state index < -0.39 is 0 Å². The van der Waals surface area contributed by atoms with Crippen molar-refractivity contribution in [3.05, 3.63) is 70.1 Å². The summed E-state index contributed by atoms with van der Waals surface area (Å²) in [7, 11) is 0. The van der Waals surface area contributed by atoms with E-state index >= 15 is 0 Å². The Balaban J connectivity index is 2.12. The van der Waals surface area contributed by atoms with Gasteiger partial charge in [-0.3, -0.25) is 4.57 Å². The van der Waals surface area contributed by atoms with Crippen molar-refractivity contribution in [3.63, 3.8) is 0 Å². The number of hydrogen-bond donors (Lipinski definition) is 1. The van der Waals surface area contributed by atoms with Gasteiger partial charge in [-0.2, -0.15) is 0 Å². The van der Waals surface area contributed by atoms with Gasteiger partial charge in [0, 0.05) is 0 Å². The molecule has 0 fully saturated rings. The topological polar surface area (TPSA) is 37.8 Å². The van der Waals surface area contributed by atoms with Crippen LogP contribution in [0.15, 0.2) is 53.3 Å². The molecule has 3 nitrogen and oxygen atoms in total. The number of rotatable bonds is 2. The molecule has 90 valence electrons. The molecule has 1 aromatic heterocycles. The maximum absolute atomic E-state index is 12.0. The summed E-state index contributed by atoms with van der Waals surface area (Å²) in [5, 5.41) is 0. The molecule has 2 aromatic carbocycles. The van der Waals surface area contributed by atoms with Gasteiger partial charge in [0.25, 0.3) is 0 Å². The maximum atomic E-state index is 12.0. The molecule has 0 spiro atoms. The third-order valence-corrected chi connectivity index (χ3v) is 3.11. The van der Waals surface area contributed by atoms with E-state index in [0.717, 1.165) is 22.2 Å². The van der Waals surface area contributed by atoms with Crippen LogP contribution in [0.1, 0.15) is 11.1 Å².